The van der Waals surface area contributed by atoms with Crippen LogP contribution in [0.2, 0.25) is 0 Å². The lowest BCUT2D eigenvalue weighted by Crippen LogP contribution is -2.23. The van der Waals surface area contributed by atoms with Crippen LogP contribution in [0.15, 0.2) is 48.5 Å². The van der Waals surface area contributed by atoms with Crippen LogP contribution in [-0.4, -0.2) is 31.2 Å². The fraction of sp³-hybridized carbons (Fsp3) is 0.190. The lowest BCUT2D eigenvalue weighted by atomic mass is 10.2. The molecule has 3 rings (SSSR count). The summed E-state index contributed by atoms with van der Waals surface area (Å²) in [6.07, 6.45) is 3.87. The third kappa shape index (κ3) is 5.09. The fourth-order valence-electron chi connectivity index (χ4n) is 2.57. The van der Waals surface area contributed by atoms with E-state index in [1.165, 1.54) is 13.2 Å². The summed E-state index contributed by atoms with van der Waals surface area (Å²) in [5, 5.41) is 12.5. The number of methoxy groups -OCH3 is 1. The molecule has 3 aromatic rings. The first-order valence-corrected chi connectivity index (χ1v) is 9.49. The Bertz CT molecular complexity index is 1000. The number of hydrogen-bond donors (Lipinski definition) is 1. The van der Waals surface area contributed by atoms with Gasteiger partial charge in [-0.25, -0.2) is 4.98 Å². The normalized spacial score (nSPS) is 10.7. The Morgan fingerprint density at radius 2 is 2.14 bits per heavy atom. The third-order valence-corrected chi connectivity index (χ3v) is 4.98. The topological polar surface area (TPSA) is 84.2 Å². The molecule has 0 radical (unpaired) electrons. The standard InChI is InChI=1S/C21H19N3O3S/c1-26-18-14-15(6-8-17(18)27-13-11-22)7-9-20(25)23-12-10-21-24-16-4-2-3-5-19(16)28-21/h2-9,14H,10,12-13H2,1H3,(H,23,25)/b9-7+. The van der Waals surface area contributed by atoms with Crippen LogP contribution in [0.1, 0.15) is 10.6 Å². The number of amides is 1. The highest BCUT2D eigenvalue weighted by Crippen LogP contribution is 2.28. The van der Waals surface area contributed by atoms with Gasteiger partial charge in [0.25, 0.3) is 0 Å². The Kier molecular flexibility index (Phi) is 6.60. The number of nitrogens with zero attached hydrogens (tertiary/aromatic N) is 2. The summed E-state index contributed by atoms with van der Waals surface area (Å²) in [4.78, 5) is 16.6. The average Bonchev–Trinajstić information content (AvgIpc) is 3.13. The maximum absolute atomic E-state index is 12.0. The maximum atomic E-state index is 12.0. The minimum atomic E-state index is -0.176. The van der Waals surface area contributed by atoms with Crippen LogP contribution in [-0.2, 0) is 11.2 Å². The van der Waals surface area contributed by atoms with E-state index >= 15 is 0 Å². The second kappa shape index (κ2) is 9.53. The Morgan fingerprint density at radius 1 is 1.29 bits per heavy atom. The van der Waals surface area contributed by atoms with Gasteiger partial charge < -0.3 is 14.8 Å². The number of nitriles is 1. The van der Waals surface area contributed by atoms with Crippen molar-refractivity contribution < 1.29 is 14.3 Å². The molecule has 0 spiro atoms. The molecule has 142 valence electrons. The van der Waals surface area contributed by atoms with E-state index in [1.54, 1.807) is 35.6 Å². The largest absolute Gasteiger partial charge is 0.493 e. The molecule has 0 aliphatic heterocycles. The van der Waals surface area contributed by atoms with E-state index in [0.29, 0.717) is 24.5 Å². The van der Waals surface area contributed by atoms with E-state index in [-0.39, 0.29) is 12.5 Å². The van der Waals surface area contributed by atoms with Gasteiger partial charge in [0.1, 0.15) is 6.07 Å². The summed E-state index contributed by atoms with van der Waals surface area (Å²) in [7, 11) is 1.52. The number of para-hydroxylation sites is 1. The van der Waals surface area contributed by atoms with Gasteiger partial charge >= 0.3 is 0 Å². The van der Waals surface area contributed by atoms with Crippen LogP contribution < -0.4 is 14.8 Å². The highest BCUT2D eigenvalue weighted by atomic mass is 32.1. The fourth-order valence-corrected chi connectivity index (χ4v) is 3.53. The van der Waals surface area contributed by atoms with Crippen LogP contribution in [0.4, 0.5) is 0 Å². The zero-order valence-electron chi connectivity index (χ0n) is 15.3. The summed E-state index contributed by atoms with van der Waals surface area (Å²) in [6.45, 7) is 0.468. The zero-order valence-corrected chi connectivity index (χ0v) is 16.2. The van der Waals surface area contributed by atoms with Crippen LogP contribution in [0.5, 0.6) is 11.5 Å². The van der Waals surface area contributed by atoms with Gasteiger partial charge in [-0.3, -0.25) is 4.79 Å². The molecule has 6 nitrogen and oxygen atoms in total. The van der Waals surface area contributed by atoms with Crippen molar-refractivity contribution >= 4 is 33.5 Å². The minimum Gasteiger partial charge on any atom is -0.493 e. The van der Waals surface area contributed by atoms with Crippen molar-refractivity contribution in [3.8, 4) is 17.6 Å². The Labute approximate surface area is 167 Å². The van der Waals surface area contributed by atoms with Crippen LogP contribution >= 0.6 is 11.3 Å². The molecule has 1 N–H and O–H groups in total. The second-order valence-electron chi connectivity index (χ2n) is 5.81. The van der Waals surface area contributed by atoms with Crippen molar-refractivity contribution in [2.75, 3.05) is 20.3 Å². The Balaban J connectivity index is 1.52. The number of carbonyl (C=O) groups is 1. The summed E-state index contributed by atoms with van der Waals surface area (Å²) in [5.74, 6) is 0.819. The summed E-state index contributed by atoms with van der Waals surface area (Å²) < 4.78 is 11.7. The zero-order chi connectivity index (χ0) is 19.8. The monoisotopic (exact) mass is 393 g/mol. The van der Waals surface area contributed by atoms with Crippen molar-refractivity contribution in [3.05, 3.63) is 59.1 Å². The van der Waals surface area contributed by atoms with Gasteiger partial charge in [0, 0.05) is 19.0 Å². The second-order valence-corrected chi connectivity index (χ2v) is 6.92. The van der Waals surface area contributed by atoms with Crippen molar-refractivity contribution in [2.24, 2.45) is 0 Å². The van der Waals surface area contributed by atoms with Crippen molar-refractivity contribution in [1.29, 1.82) is 5.26 Å². The van der Waals surface area contributed by atoms with Crippen LogP contribution in [0.3, 0.4) is 0 Å². The third-order valence-electron chi connectivity index (χ3n) is 3.88. The number of thiazole rings is 1. The first kappa shape index (κ1) is 19.4. The highest BCUT2D eigenvalue weighted by Gasteiger charge is 2.06. The van der Waals surface area contributed by atoms with Crippen molar-refractivity contribution in [2.45, 2.75) is 6.42 Å². The molecule has 1 amide bonds. The molecular weight excluding hydrogens is 374 g/mol. The van der Waals surface area contributed by atoms with Crippen molar-refractivity contribution in [1.82, 2.24) is 10.3 Å². The predicted octanol–water partition coefficient (Wildman–Crippen LogP) is 3.58. The molecule has 28 heavy (non-hydrogen) atoms. The number of fused-ring (bicyclic) bond motifs is 1. The molecule has 0 saturated carbocycles. The SMILES string of the molecule is COc1cc(/C=C/C(=O)NCCc2nc3ccccc3s2)ccc1OCC#N. The van der Waals surface area contributed by atoms with Crippen LogP contribution in [0, 0.1) is 11.3 Å². The smallest absolute Gasteiger partial charge is 0.244 e. The number of carbonyl (C=O) groups excluding carboxylic acids is 1. The van der Waals surface area contributed by atoms with Crippen molar-refractivity contribution in [3.63, 3.8) is 0 Å². The Morgan fingerprint density at radius 3 is 2.93 bits per heavy atom. The van der Waals surface area contributed by atoms with Gasteiger partial charge in [0.2, 0.25) is 5.91 Å². The number of ether oxygens (including phenoxy) is 2. The first-order valence-electron chi connectivity index (χ1n) is 8.68. The molecule has 0 unspecified atom stereocenters. The number of benzene rings is 2. The van der Waals surface area contributed by atoms with Gasteiger partial charge in [-0.15, -0.1) is 11.3 Å². The summed E-state index contributed by atoms with van der Waals surface area (Å²) in [5.41, 5.74) is 1.78. The van der Waals surface area contributed by atoms with Gasteiger partial charge in [-0.2, -0.15) is 5.26 Å². The van der Waals surface area contributed by atoms with E-state index in [1.807, 2.05) is 30.3 Å². The number of rotatable bonds is 8. The Hall–Kier alpha value is -3.37. The first-order chi connectivity index (χ1) is 13.7. The van der Waals surface area contributed by atoms with Gasteiger partial charge in [-0.1, -0.05) is 18.2 Å². The van der Waals surface area contributed by atoms with Crippen LogP contribution in [0.25, 0.3) is 16.3 Å². The molecule has 2 aromatic carbocycles. The number of hydrogen-bond acceptors (Lipinski definition) is 6. The number of aromatic nitrogens is 1. The van der Waals surface area contributed by atoms with E-state index in [2.05, 4.69) is 10.3 Å². The van der Waals surface area contributed by atoms with E-state index in [4.69, 9.17) is 14.7 Å². The van der Waals surface area contributed by atoms with Gasteiger partial charge in [-0.05, 0) is 35.9 Å². The molecule has 0 saturated heterocycles. The lowest BCUT2D eigenvalue weighted by Gasteiger charge is -2.08. The van der Waals surface area contributed by atoms with E-state index < -0.39 is 0 Å². The molecule has 1 aromatic heterocycles. The molecule has 1 heterocycles. The van der Waals surface area contributed by atoms with E-state index in [9.17, 15) is 4.79 Å². The molecular formula is C21H19N3O3S. The minimum absolute atomic E-state index is 0.0530. The molecule has 7 heteroatoms. The van der Waals surface area contributed by atoms with E-state index in [0.717, 1.165) is 20.8 Å². The molecule has 0 fully saturated rings. The highest BCUT2D eigenvalue weighted by molar-refractivity contribution is 7.18. The molecule has 0 aliphatic rings. The van der Waals surface area contributed by atoms with Gasteiger partial charge in [0.05, 0.1) is 22.3 Å². The maximum Gasteiger partial charge on any atom is 0.244 e. The summed E-state index contributed by atoms with van der Waals surface area (Å²) >= 11 is 1.64. The quantitative estimate of drug-likeness (QED) is 0.592. The number of nitrogens with one attached hydrogen (secondary N) is 1. The van der Waals surface area contributed by atoms with Gasteiger partial charge in [0.15, 0.2) is 18.1 Å². The lowest BCUT2D eigenvalue weighted by molar-refractivity contribution is -0.116. The predicted molar refractivity (Wildman–Crippen MR) is 109 cm³/mol. The molecule has 0 aliphatic carbocycles. The molecule has 0 bridgehead atoms. The summed E-state index contributed by atoms with van der Waals surface area (Å²) in [6, 6.07) is 15.2. The molecule has 0 atom stereocenters. The average molecular weight is 393 g/mol.